The molecule has 1 aromatic rings. The van der Waals surface area contributed by atoms with E-state index in [0.29, 0.717) is 5.69 Å². The Morgan fingerprint density at radius 2 is 2.28 bits per heavy atom. The molecule has 0 spiro atoms. The van der Waals surface area contributed by atoms with Crippen molar-refractivity contribution in [2.24, 2.45) is 0 Å². The van der Waals surface area contributed by atoms with Gasteiger partial charge in [-0.05, 0) is 12.5 Å². The third-order valence-electron chi connectivity index (χ3n) is 2.97. The smallest absolute Gasteiger partial charge is 0.237 e. The molecule has 3 N–H and O–H groups in total. The first-order valence-electron chi connectivity index (χ1n) is 6.10. The van der Waals surface area contributed by atoms with Crippen LogP contribution in [0, 0.1) is 0 Å². The molecule has 1 aromatic carbocycles. The summed E-state index contributed by atoms with van der Waals surface area (Å²) in [4.78, 5) is 12.9. The molecule has 2 rings (SSSR count). The Balaban J connectivity index is 2.26. The third-order valence-corrected chi connectivity index (χ3v) is 4.28. The summed E-state index contributed by atoms with van der Waals surface area (Å²) >= 11 is 1.58. The van der Waals surface area contributed by atoms with Crippen LogP contribution in [0.2, 0.25) is 0 Å². The van der Waals surface area contributed by atoms with Gasteiger partial charge in [-0.1, -0.05) is 19.8 Å². The maximum atomic E-state index is 12.0. The maximum Gasteiger partial charge on any atom is 0.237 e. The van der Waals surface area contributed by atoms with Crippen molar-refractivity contribution in [1.29, 1.82) is 0 Å². The Kier molecular flexibility index (Phi) is 4.01. The van der Waals surface area contributed by atoms with E-state index in [1.807, 2.05) is 6.07 Å². The number of anilines is 2. The molecule has 0 aliphatic carbocycles. The number of benzene rings is 1. The number of nitrogens with two attached hydrogens (primary N) is 1. The second kappa shape index (κ2) is 5.52. The molecule has 98 valence electrons. The van der Waals surface area contributed by atoms with E-state index >= 15 is 0 Å². The maximum absolute atomic E-state index is 12.0. The summed E-state index contributed by atoms with van der Waals surface area (Å²) in [5.41, 5.74) is 7.19. The van der Waals surface area contributed by atoms with Crippen molar-refractivity contribution in [3.05, 3.63) is 12.1 Å². The van der Waals surface area contributed by atoms with Gasteiger partial charge in [0, 0.05) is 11.0 Å². The zero-order chi connectivity index (χ0) is 13.1. The molecule has 1 amide bonds. The molecule has 1 heterocycles. The molecule has 4 nitrogen and oxygen atoms in total. The van der Waals surface area contributed by atoms with Crippen molar-refractivity contribution >= 4 is 29.0 Å². The van der Waals surface area contributed by atoms with Gasteiger partial charge in [-0.2, -0.15) is 0 Å². The molecule has 18 heavy (non-hydrogen) atoms. The average molecular weight is 266 g/mol. The van der Waals surface area contributed by atoms with Crippen LogP contribution in [-0.4, -0.2) is 18.3 Å². The summed E-state index contributed by atoms with van der Waals surface area (Å²) in [6.07, 6.45) is 3.04. The Hall–Kier alpha value is -1.36. The van der Waals surface area contributed by atoms with E-state index in [1.54, 1.807) is 24.9 Å². The second-order valence-corrected chi connectivity index (χ2v) is 5.57. The van der Waals surface area contributed by atoms with Crippen LogP contribution < -0.4 is 15.8 Å². The van der Waals surface area contributed by atoms with Crippen molar-refractivity contribution in [3.63, 3.8) is 0 Å². The number of methoxy groups -OCH3 is 1. The number of carbonyl (C=O) groups excluding carboxylic acids is 1. The molecule has 0 bridgehead atoms. The number of nitrogens with one attached hydrogen (secondary N) is 1. The molecular formula is C13H18N2O2S. The van der Waals surface area contributed by atoms with E-state index in [9.17, 15) is 4.79 Å². The van der Waals surface area contributed by atoms with Gasteiger partial charge in [-0.15, -0.1) is 11.8 Å². The molecule has 1 unspecified atom stereocenters. The molecule has 0 saturated carbocycles. The highest BCUT2D eigenvalue weighted by molar-refractivity contribution is 8.01. The Morgan fingerprint density at radius 1 is 1.50 bits per heavy atom. The van der Waals surface area contributed by atoms with Crippen LogP contribution in [0.4, 0.5) is 11.4 Å². The first-order chi connectivity index (χ1) is 8.65. The summed E-state index contributed by atoms with van der Waals surface area (Å²) in [5.74, 6) is 0.780. The quantitative estimate of drug-likeness (QED) is 0.822. The topological polar surface area (TPSA) is 64.3 Å². The van der Waals surface area contributed by atoms with Gasteiger partial charge < -0.3 is 15.8 Å². The first kappa shape index (κ1) is 13.1. The van der Waals surface area contributed by atoms with Crippen molar-refractivity contribution in [3.8, 4) is 5.75 Å². The second-order valence-electron chi connectivity index (χ2n) is 4.33. The standard InChI is InChI=1S/C13H18N2O2S/c1-3-4-5-10-13(16)15-12-9(14)6-8(17-2)7-11(12)18-10/h6-7,10H,3-5,14H2,1-2H3,(H,15,16). The van der Waals surface area contributed by atoms with Crippen LogP contribution >= 0.6 is 11.8 Å². The van der Waals surface area contributed by atoms with Crippen LogP contribution in [0.3, 0.4) is 0 Å². The Morgan fingerprint density at radius 3 is 2.94 bits per heavy atom. The van der Waals surface area contributed by atoms with Gasteiger partial charge in [-0.3, -0.25) is 4.79 Å². The van der Waals surface area contributed by atoms with Gasteiger partial charge in [0.1, 0.15) is 5.75 Å². The molecular weight excluding hydrogens is 248 g/mol. The average Bonchev–Trinajstić information content (AvgIpc) is 2.37. The highest BCUT2D eigenvalue weighted by atomic mass is 32.2. The van der Waals surface area contributed by atoms with Gasteiger partial charge in [0.2, 0.25) is 5.91 Å². The zero-order valence-electron chi connectivity index (χ0n) is 10.7. The number of unbranched alkanes of at least 4 members (excludes halogenated alkanes) is 1. The zero-order valence-corrected chi connectivity index (χ0v) is 11.5. The van der Waals surface area contributed by atoms with Gasteiger partial charge in [0.25, 0.3) is 0 Å². The lowest BCUT2D eigenvalue weighted by molar-refractivity contribution is -0.115. The molecule has 0 radical (unpaired) electrons. The van der Waals surface area contributed by atoms with Gasteiger partial charge in [0.15, 0.2) is 0 Å². The number of carbonyl (C=O) groups is 1. The number of amides is 1. The normalized spacial score (nSPS) is 18.1. The lowest BCUT2D eigenvalue weighted by Gasteiger charge is -2.25. The van der Waals surface area contributed by atoms with E-state index in [-0.39, 0.29) is 11.2 Å². The molecule has 0 saturated heterocycles. The third kappa shape index (κ3) is 2.56. The van der Waals surface area contributed by atoms with Crippen molar-refractivity contribution in [2.75, 3.05) is 18.2 Å². The van der Waals surface area contributed by atoms with Crippen LogP contribution in [0.25, 0.3) is 0 Å². The van der Waals surface area contributed by atoms with E-state index in [4.69, 9.17) is 10.5 Å². The fourth-order valence-corrected chi connectivity index (χ4v) is 3.17. The van der Waals surface area contributed by atoms with E-state index in [1.165, 1.54) is 0 Å². The first-order valence-corrected chi connectivity index (χ1v) is 6.98. The Labute approximate surface area is 111 Å². The van der Waals surface area contributed by atoms with Gasteiger partial charge >= 0.3 is 0 Å². The number of fused-ring (bicyclic) bond motifs is 1. The van der Waals surface area contributed by atoms with Crippen LogP contribution in [0.15, 0.2) is 17.0 Å². The molecule has 0 aromatic heterocycles. The fraction of sp³-hybridized carbons (Fsp3) is 0.462. The van der Waals surface area contributed by atoms with E-state index in [2.05, 4.69) is 12.2 Å². The lowest BCUT2D eigenvalue weighted by atomic mass is 10.1. The summed E-state index contributed by atoms with van der Waals surface area (Å²) in [6.45, 7) is 2.13. The fourth-order valence-electron chi connectivity index (χ4n) is 1.95. The minimum Gasteiger partial charge on any atom is -0.497 e. The predicted molar refractivity (Wildman–Crippen MR) is 75.2 cm³/mol. The molecule has 5 heteroatoms. The number of rotatable bonds is 4. The molecule has 1 atom stereocenters. The largest absolute Gasteiger partial charge is 0.497 e. The highest BCUT2D eigenvalue weighted by Crippen LogP contribution is 2.42. The minimum atomic E-state index is -0.0241. The summed E-state index contributed by atoms with van der Waals surface area (Å²) < 4.78 is 5.20. The summed E-state index contributed by atoms with van der Waals surface area (Å²) in [5, 5.41) is 2.87. The molecule has 1 aliphatic heterocycles. The molecule has 1 aliphatic rings. The van der Waals surface area contributed by atoms with E-state index in [0.717, 1.165) is 35.6 Å². The summed E-state index contributed by atoms with van der Waals surface area (Å²) in [6, 6.07) is 3.65. The number of hydrogen-bond acceptors (Lipinski definition) is 4. The van der Waals surface area contributed by atoms with Crippen molar-refractivity contribution < 1.29 is 9.53 Å². The van der Waals surface area contributed by atoms with Gasteiger partial charge in [0.05, 0.1) is 23.7 Å². The van der Waals surface area contributed by atoms with Crippen LogP contribution in [-0.2, 0) is 4.79 Å². The highest BCUT2D eigenvalue weighted by Gasteiger charge is 2.28. The SMILES string of the molecule is CCCCC1Sc2cc(OC)cc(N)c2NC1=O. The number of ether oxygens (including phenoxy) is 1. The van der Waals surface area contributed by atoms with Gasteiger partial charge in [-0.25, -0.2) is 0 Å². The van der Waals surface area contributed by atoms with Crippen LogP contribution in [0.1, 0.15) is 26.2 Å². The number of hydrogen-bond donors (Lipinski definition) is 2. The van der Waals surface area contributed by atoms with Crippen molar-refractivity contribution in [1.82, 2.24) is 0 Å². The monoisotopic (exact) mass is 266 g/mol. The summed E-state index contributed by atoms with van der Waals surface area (Å²) in [7, 11) is 1.61. The minimum absolute atomic E-state index is 0.0241. The van der Waals surface area contributed by atoms with Crippen molar-refractivity contribution in [2.45, 2.75) is 36.3 Å². The number of nitrogen functional groups attached to an aromatic ring is 1. The Bertz CT molecular complexity index is 463. The predicted octanol–water partition coefficient (Wildman–Crippen LogP) is 2.88. The molecule has 0 fully saturated rings. The lowest BCUT2D eigenvalue weighted by Crippen LogP contribution is -2.29. The van der Waals surface area contributed by atoms with E-state index < -0.39 is 0 Å². The van der Waals surface area contributed by atoms with Crippen LogP contribution in [0.5, 0.6) is 5.75 Å². The number of thioether (sulfide) groups is 1.